The Morgan fingerprint density at radius 3 is 3.04 bits per heavy atom. The number of benzene rings is 1. The van der Waals surface area contributed by atoms with Crippen LogP contribution in [-0.2, 0) is 17.7 Å². The Balaban J connectivity index is 1.83. The molecule has 5 nitrogen and oxygen atoms in total. The fourth-order valence-electron chi connectivity index (χ4n) is 3.23. The second-order valence-corrected chi connectivity index (χ2v) is 6.77. The fraction of sp³-hybridized carbons (Fsp3) is 0.611. The van der Waals surface area contributed by atoms with Gasteiger partial charge >= 0.3 is 0 Å². The number of hydrogen-bond acceptors (Lipinski definition) is 5. The highest BCUT2D eigenvalue weighted by Gasteiger charge is 2.21. The molecule has 0 spiro atoms. The molecule has 1 saturated heterocycles. The summed E-state index contributed by atoms with van der Waals surface area (Å²) in [6.45, 7) is 4.21. The van der Waals surface area contributed by atoms with Crippen LogP contribution in [0.4, 0.5) is 5.69 Å². The number of nitrogens with zero attached hydrogens (tertiary/aromatic N) is 1. The predicted octanol–water partition coefficient (Wildman–Crippen LogP) is 1.67. The molecule has 1 fully saturated rings. The first-order chi connectivity index (χ1) is 11.1. The van der Waals surface area contributed by atoms with Gasteiger partial charge in [0.1, 0.15) is 0 Å². The molecule has 2 heterocycles. The lowest BCUT2D eigenvalue weighted by Gasteiger charge is -2.24. The van der Waals surface area contributed by atoms with Crippen molar-refractivity contribution in [2.75, 3.05) is 45.7 Å². The summed E-state index contributed by atoms with van der Waals surface area (Å²) in [6, 6.07) is 4.50. The van der Waals surface area contributed by atoms with Gasteiger partial charge in [0, 0.05) is 37.4 Å². The van der Waals surface area contributed by atoms with Crippen molar-refractivity contribution in [1.29, 1.82) is 0 Å². The Morgan fingerprint density at radius 1 is 1.43 bits per heavy atom. The first kappa shape index (κ1) is 16.4. The average Bonchev–Trinajstić information content (AvgIpc) is 3.05. The highest BCUT2D eigenvalue weighted by atomic mass is 16.5. The summed E-state index contributed by atoms with van der Waals surface area (Å²) in [5.74, 6) is 0.228. The minimum Gasteiger partial charge on any atom is -0.380 e. The van der Waals surface area contributed by atoms with Crippen molar-refractivity contribution in [3.63, 3.8) is 0 Å². The van der Waals surface area contributed by atoms with E-state index in [1.807, 2.05) is 20.2 Å². The zero-order valence-corrected chi connectivity index (χ0v) is 14.2. The molecule has 0 unspecified atom stereocenters. The number of rotatable bonds is 6. The quantitative estimate of drug-likeness (QED) is 0.782. The summed E-state index contributed by atoms with van der Waals surface area (Å²) in [4.78, 5) is 14.6. The largest absolute Gasteiger partial charge is 0.380 e. The molecule has 23 heavy (non-hydrogen) atoms. The fourth-order valence-corrected chi connectivity index (χ4v) is 3.23. The van der Waals surface area contributed by atoms with Crippen molar-refractivity contribution in [2.24, 2.45) is 0 Å². The zero-order valence-electron chi connectivity index (χ0n) is 14.2. The third-order valence-corrected chi connectivity index (χ3v) is 4.61. The van der Waals surface area contributed by atoms with Crippen LogP contribution in [-0.4, -0.2) is 57.1 Å². The Kier molecular flexibility index (Phi) is 5.30. The van der Waals surface area contributed by atoms with Gasteiger partial charge in [-0.3, -0.25) is 4.79 Å². The zero-order chi connectivity index (χ0) is 16.2. The summed E-state index contributed by atoms with van der Waals surface area (Å²) >= 11 is 0. The average molecular weight is 317 g/mol. The molecule has 0 aromatic heterocycles. The number of hydrogen-bond donors (Lipinski definition) is 2. The van der Waals surface area contributed by atoms with Crippen LogP contribution in [0, 0.1) is 0 Å². The molecule has 2 aliphatic rings. The van der Waals surface area contributed by atoms with Crippen molar-refractivity contribution < 1.29 is 9.53 Å². The van der Waals surface area contributed by atoms with E-state index < -0.39 is 0 Å². The van der Waals surface area contributed by atoms with Crippen LogP contribution in [0.2, 0.25) is 0 Å². The Labute approximate surface area is 138 Å². The number of carbonyl (C=O) groups is 1. The van der Waals surface area contributed by atoms with Crippen LogP contribution in [0.25, 0.3) is 0 Å². The number of ketones is 1. The van der Waals surface area contributed by atoms with E-state index >= 15 is 0 Å². The van der Waals surface area contributed by atoms with Gasteiger partial charge in [-0.1, -0.05) is 0 Å². The van der Waals surface area contributed by atoms with Gasteiger partial charge in [-0.15, -0.1) is 0 Å². The van der Waals surface area contributed by atoms with E-state index in [9.17, 15) is 4.79 Å². The minimum atomic E-state index is 0.228. The summed E-state index contributed by atoms with van der Waals surface area (Å²) in [7, 11) is 4.00. The third-order valence-electron chi connectivity index (χ3n) is 4.61. The van der Waals surface area contributed by atoms with Crippen LogP contribution in [0.1, 0.15) is 34.3 Å². The van der Waals surface area contributed by atoms with Crippen LogP contribution in [0.15, 0.2) is 12.1 Å². The molecule has 1 aromatic carbocycles. The van der Waals surface area contributed by atoms with Crippen molar-refractivity contribution in [3.05, 3.63) is 28.8 Å². The van der Waals surface area contributed by atoms with Crippen molar-refractivity contribution >= 4 is 11.5 Å². The number of fused-ring (bicyclic) bond motifs is 1. The van der Waals surface area contributed by atoms with Crippen LogP contribution < -0.4 is 10.6 Å². The molecule has 0 aliphatic carbocycles. The van der Waals surface area contributed by atoms with Gasteiger partial charge in [0.25, 0.3) is 0 Å². The van der Waals surface area contributed by atoms with Crippen molar-refractivity contribution in [1.82, 2.24) is 10.2 Å². The topological polar surface area (TPSA) is 53.6 Å². The summed E-state index contributed by atoms with van der Waals surface area (Å²) in [6.07, 6.45) is 2.58. The van der Waals surface area contributed by atoms with Crippen LogP contribution >= 0.6 is 0 Å². The first-order valence-electron chi connectivity index (χ1n) is 8.52. The van der Waals surface area contributed by atoms with E-state index in [0.29, 0.717) is 12.5 Å². The molecule has 0 saturated carbocycles. The molecule has 0 amide bonds. The van der Waals surface area contributed by atoms with Crippen LogP contribution in [0.5, 0.6) is 0 Å². The van der Waals surface area contributed by atoms with Crippen LogP contribution in [0.3, 0.4) is 0 Å². The normalized spacial score (nSPS) is 20.6. The lowest BCUT2D eigenvalue weighted by molar-refractivity contribution is 0.0972. The second kappa shape index (κ2) is 7.43. The number of nitrogens with one attached hydrogen (secondary N) is 2. The minimum absolute atomic E-state index is 0.228. The van der Waals surface area contributed by atoms with Gasteiger partial charge in [-0.05, 0) is 56.7 Å². The smallest absolute Gasteiger partial charge is 0.164 e. The number of anilines is 1. The molecule has 1 atom stereocenters. The highest BCUT2D eigenvalue weighted by molar-refractivity contribution is 5.97. The third kappa shape index (κ3) is 4.10. The molecular weight excluding hydrogens is 290 g/mol. The molecule has 2 aliphatic heterocycles. The van der Waals surface area contributed by atoms with Gasteiger partial charge in [-0.2, -0.15) is 0 Å². The van der Waals surface area contributed by atoms with E-state index in [2.05, 4.69) is 21.6 Å². The van der Waals surface area contributed by atoms with Gasteiger partial charge in [-0.25, -0.2) is 0 Å². The molecule has 0 bridgehead atoms. The van der Waals surface area contributed by atoms with Crippen molar-refractivity contribution in [3.8, 4) is 0 Å². The van der Waals surface area contributed by atoms with Gasteiger partial charge in [0.2, 0.25) is 0 Å². The van der Waals surface area contributed by atoms with E-state index in [1.54, 1.807) is 0 Å². The molecule has 1 aromatic rings. The van der Waals surface area contributed by atoms with Gasteiger partial charge < -0.3 is 20.3 Å². The van der Waals surface area contributed by atoms with E-state index in [1.165, 1.54) is 11.1 Å². The maximum atomic E-state index is 12.5. The van der Waals surface area contributed by atoms with Gasteiger partial charge in [0.15, 0.2) is 5.78 Å². The maximum absolute atomic E-state index is 12.5. The molecule has 3 rings (SSSR count). The maximum Gasteiger partial charge on any atom is 0.164 e. The Morgan fingerprint density at radius 2 is 2.30 bits per heavy atom. The number of ether oxygens (including phenoxy) is 1. The standard InChI is InChI=1S/C18H27N3O2/c1-21(2)7-4-18(22)14-9-13-3-6-19-11-16(13)17(10-14)20-15-5-8-23-12-15/h9-10,15,19-20H,3-8,11-12H2,1-2H3/t15-/m1/s1. The monoisotopic (exact) mass is 317 g/mol. The van der Waals surface area contributed by atoms with E-state index in [-0.39, 0.29) is 5.78 Å². The number of carbonyl (C=O) groups excluding carboxylic acids is 1. The lowest BCUT2D eigenvalue weighted by atomic mass is 9.94. The lowest BCUT2D eigenvalue weighted by Crippen LogP contribution is -2.27. The molecule has 126 valence electrons. The Bertz CT molecular complexity index is 566. The van der Waals surface area contributed by atoms with Gasteiger partial charge in [0.05, 0.1) is 12.6 Å². The summed E-state index contributed by atoms with van der Waals surface area (Å²) in [5, 5.41) is 7.03. The summed E-state index contributed by atoms with van der Waals surface area (Å²) < 4.78 is 5.47. The highest BCUT2D eigenvalue weighted by Crippen LogP contribution is 2.27. The SMILES string of the molecule is CN(C)CCC(=O)c1cc2c(c(N[C@@H]3CCOC3)c1)CNCC2. The molecule has 2 N–H and O–H groups in total. The summed E-state index contributed by atoms with van der Waals surface area (Å²) in [5.41, 5.74) is 4.57. The van der Waals surface area contributed by atoms with Crippen molar-refractivity contribution in [2.45, 2.75) is 31.8 Å². The first-order valence-corrected chi connectivity index (χ1v) is 8.52. The molecule has 0 radical (unpaired) electrons. The Hall–Kier alpha value is -1.43. The molecule has 5 heteroatoms. The van der Waals surface area contributed by atoms with E-state index in [0.717, 1.165) is 56.9 Å². The number of Topliss-reactive ketones (excluding diaryl/α,β-unsaturated/α-hetero) is 1. The molecular formula is C18H27N3O2. The van der Waals surface area contributed by atoms with E-state index in [4.69, 9.17) is 4.74 Å². The predicted molar refractivity (Wildman–Crippen MR) is 92.2 cm³/mol. The second-order valence-electron chi connectivity index (χ2n) is 6.77.